The second-order valence-electron chi connectivity index (χ2n) is 3.83. The molecule has 1 aromatic heterocycles. The minimum Gasteiger partial charge on any atom is -0.258 e. The van der Waals surface area contributed by atoms with Crippen molar-refractivity contribution in [2.24, 2.45) is 0 Å². The van der Waals surface area contributed by atoms with Crippen LogP contribution in [0.3, 0.4) is 0 Å². The maximum absolute atomic E-state index is 12.0. The summed E-state index contributed by atoms with van der Waals surface area (Å²) in [6.45, 7) is 6.22. The molecular weight excluding hydrogens is 274 g/mol. The standard InChI is InChI=1S/C11H18ClN3O2S/c1-4-15(5-2)18(16,17)14-9(3)11-7-6-10(12)8-13-11/h6-9,14H,4-5H2,1-3H3/t9-/m0/s1. The maximum Gasteiger partial charge on any atom is 0.280 e. The Kier molecular flexibility index (Phi) is 5.52. The summed E-state index contributed by atoms with van der Waals surface area (Å²) in [4.78, 5) is 4.10. The van der Waals surface area contributed by atoms with E-state index in [1.165, 1.54) is 10.5 Å². The Morgan fingerprint density at radius 1 is 1.39 bits per heavy atom. The van der Waals surface area contributed by atoms with Gasteiger partial charge in [-0.05, 0) is 19.1 Å². The molecule has 0 aromatic carbocycles. The third-order valence-corrected chi connectivity index (χ3v) is 4.64. The Morgan fingerprint density at radius 2 is 2.00 bits per heavy atom. The van der Waals surface area contributed by atoms with Gasteiger partial charge in [0.1, 0.15) is 0 Å². The highest BCUT2D eigenvalue weighted by molar-refractivity contribution is 7.87. The van der Waals surface area contributed by atoms with Crippen LogP contribution in [0.25, 0.3) is 0 Å². The number of halogens is 1. The van der Waals surface area contributed by atoms with Crippen LogP contribution in [0, 0.1) is 0 Å². The molecule has 0 aliphatic heterocycles. The lowest BCUT2D eigenvalue weighted by atomic mass is 10.2. The Morgan fingerprint density at radius 3 is 2.44 bits per heavy atom. The third-order valence-electron chi connectivity index (χ3n) is 2.56. The van der Waals surface area contributed by atoms with E-state index in [2.05, 4.69) is 9.71 Å². The largest absolute Gasteiger partial charge is 0.280 e. The summed E-state index contributed by atoms with van der Waals surface area (Å²) in [5.41, 5.74) is 0.634. The first kappa shape index (κ1) is 15.4. The number of aromatic nitrogens is 1. The van der Waals surface area contributed by atoms with Gasteiger partial charge in [0.15, 0.2) is 0 Å². The van der Waals surface area contributed by atoms with Crippen molar-refractivity contribution in [3.63, 3.8) is 0 Å². The highest BCUT2D eigenvalue weighted by Gasteiger charge is 2.21. The van der Waals surface area contributed by atoms with Crippen LogP contribution in [-0.2, 0) is 10.2 Å². The van der Waals surface area contributed by atoms with E-state index >= 15 is 0 Å². The molecule has 1 aromatic rings. The predicted molar refractivity (Wildman–Crippen MR) is 72.6 cm³/mol. The lowest BCUT2D eigenvalue weighted by Gasteiger charge is -2.21. The maximum atomic E-state index is 12.0. The van der Waals surface area contributed by atoms with Gasteiger partial charge in [-0.1, -0.05) is 25.4 Å². The average Bonchev–Trinajstić information content (AvgIpc) is 2.30. The third kappa shape index (κ3) is 3.91. The van der Waals surface area contributed by atoms with Crippen LogP contribution >= 0.6 is 11.6 Å². The van der Waals surface area contributed by atoms with Crippen LogP contribution in [-0.4, -0.2) is 30.8 Å². The van der Waals surface area contributed by atoms with E-state index in [-0.39, 0.29) is 0 Å². The molecule has 0 saturated heterocycles. The molecular formula is C11H18ClN3O2S. The van der Waals surface area contributed by atoms with Gasteiger partial charge in [0.05, 0.1) is 16.8 Å². The highest BCUT2D eigenvalue weighted by Crippen LogP contribution is 2.14. The highest BCUT2D eigenvalue weighted by atomic mass is 35.5. The van der Waals surface area contributed by atoms with E-state index in [0.717, 1.165) is 0 Å². The van der Waals surface area contributed by atoms with Gasteiger partial charge in [0, 0.05) is 19.3 Å². The van der Waals surface area contributed by atoms with Crippen LogP contribution in [0.15, 0.2) is 18.3 Å². The number of nitrogens with zero attached hydrogens (tertiary/aromatic N) is 2. The molecule has 1 rings (SSSR count). The number of rotatable bonds is 6. The van der Waals surface area contributed by atoms with Crippen LogP contribution in [0.1, 0.15) is 32.5 Å². The van der Waals surface area contributed by atoms with Crippen molar-refractivity contribution in [2.45, 2.75) is 26.8 Å². The van der Waals surface area contributed by atoms with E-state index in [0.29, 0.717) is 23.8 Å². The molecule has 0 fully saturated rings. The molecule has 0 spiro atoms. The fourth-order valence-corrected chi connectivity index (χ4v) is 3.07. The van der Waals surface area contributed by atoms with Crippen molar-refractivity contribution in [3.05, 3.63) is 29.0 Å². The molecule has 18 heavy (non-hydrogen) atoms. The molecule has 0 aliphatic rings. The van der Waals surface area contributed by atoms with Crippen LogP contribution in [0.2, 0.25) is 5.02 Å². The number of hydrogen-bond donors (Lipinski definition) is 1. The minimum absolute atomic E-state index is 0.395. The van der Waals surface area contributed by atoms with Gasteiger partial charge in [-0.25, -0.2) is 0 Å². The number of nitrogens with one attached hydrogen (secondary N) is 1. The topological polar surface area (TPSA) is 62.3 Å². The minimum atomic E-state index is -3.47. The van der Waals surface area contributed by atoms with Crippen LogP contribution in [0.5, 0.6) is 0 Å². The van der Waals surface area contributed by atoms with E-state index in [4.69, 9.17) is 11.6 Å². The van der Waals surface area contributed by atoms with Gasteiger partial charge in [-0.2, -0.15) is 17.4 Å². The molecule has 1 atom stereocenters. The summed E-state index contributed by atoms with van der Waals surface area (Å²) in [6.07, 6.45) is 1.50. The fraction of sp³-hybridized carbons (Fsp3) is 0.545. The summed E-state index contributed by atoms with van der Waals surface area (Å²) >= 11 is 5.74. The van der Waals surface area contributed by atoms with Crippen LogP contribution < -0.4 is 4.72 Å². The van der Waals surface area contributed by atoms with E-state index in [1.807, 2.05) is 0 Å². The van der Waals surface area contributed by atoms with Crippen molar-refractivity contribution in [1.82, 2.24) is 14.0 Å². The monoisotopic (exact) mass is 291 g/mol. The first-order chi connectivity index (χ1) is 8.40. The molecule has 7 heteroatoms. The Hall–Kier alpha value is -0.690. The van der Waals surface area contributed by atoms with E-state index < -0.39 is 16.3 Å². The zero-order chi connectivity index (χ0) is 13.8. The van der Waals surface area contributed by atoms with Crippen molar-refractivity contribution >= 4 is 21.8 Å². The quantitative estimate of drug-likeness (QED) is 0.872. The van der Waals surface area contributed by atoms with Crippen molar-refractivity contribution < 1.29 is 8.42 Å². The first-order valence-corrected chi connectivity index (χ1v) is 7.61. The SMILES string of the molecule is CCN(CC)S(=O)(=O)N[C@@H](C)c1ccc(Cl)cn1. The molecule has 0 unspecified atom stereocenters. The fourth-order valence-electron chi connectivity index (χ4n) is 1.57. The van der Waals surface area contributed by atoms with E-state index in [9.17, 15) is 8.42 Å². The van der Waals surface area contributed by atoms with Gasteiger partial charge in [-0.15, -0.1) is 0 Å². The van der Waals surface area contributed by atoms with Gasteiger partial charge in [-0.3, -0.25) is 4.98 Å². The zero-order valence-corrected chi connectivity index (χ0v) is 12.3. The average molecular weight is 292 g/mol. The van der Waals surface area contributed by atoms with E-state index in [1.54, 1.807) is 32.9 Å². The molecule has 0 radical (unpaired) electrons. The summed E-state index contributed by atoms with van der Waals surface area (Å²) in [6, 6.07) is 3.00. The molecule has 0 amide bonds. The second kappa shape index (κ2) is 6.47. The summed E-state index contributed by atoms with van der Waals surface area (Å²) in [7, 11) is -3.47. The number of pyridine rings is 1. The van der Waals surface area contributed by atoms with Crippen molar-refractivity contribution in [3.8, 4) is 0 Å². The van der Waals surface area contributed by atoms with Gasteiger partial charge < -0.3 is 0 Å². The summed E-state index contributed by atoms with van der Waals surface area (Å²) in [5.74, 6) is 0. The van der Waals surface area contributed by atoms with Gasteiger partial charge in [0.2, 0.25) is 0 Å². The Balaban J connectivity index is 2.81. The normalized spacial score (nSPS) is 13.8. The molecule has 1 N–H and O–H groups in total. The molecule has 0 saturated carbocycles. The van der Waals surface area contributed by atoms with Crippen molar-refractivity contribution in [2.75, 3.05) is 13.1 Å². The summed E-state index contributed by atoms with van der Waals surface area (Å²) in [5, 5.41) is 0.526. The number of hydrogen-bond acceptors (Lipinski definition) is 3. The smallest absolute Gasteiger partial charge is 0.258 e. The Labute approximate surface area is 113 Å². The molecule has 5 nitrogen and oxygen atoms in total. The first-order valence-electron chi connectivity index (χ1n) is 5.79. The summed E-state index contributed by atoms with van der Waals surface area (Å²) < 4.78 is 28.0. The molecule has 102 valence electrons. The zero-order valence-electron chi connectivity index (χ0n) is 10.7. The van der Waals surface area contributed by atoms with Gasteiger partial charge in [0.25, 0.3) is 10.2 Å². The predicted octanol–water partition coefficient (Wildman–Crippen LogP) is 1.97. The lowest BCUT2D eigenvalue weighted by molar-refractivity contribution is 0.428. The van der Waals surface area contributed by atoms with Crippen LogP contribution in [0.4, 0.5) is 0 Å². The van der Waals surface area contributed by atoms with Crippen molar-refractivity contribution in [1.29, 1.82) is 0 Å². The lowest BCUT2D eigenvalue weighted by Crippen LogP contribution is -2.41. The Bertz CT molecular complexity index is 472. The van der Waals surface area contributed by atoms with Gasteiger partial charge >= 0.3 is 0 Å². The molecule has 0 bridgehead atoms. The molecule has 0 aliphatic carbocycles. The second-order valence-corrected chi connectivity index (χ2v) is 5.97. The molecule has 1 heterocycles.